The van der Waals surface area contributed by atoms with Crippen LogP contribution in [0.1, 0.15) is 30.6 Å². The molecule has 1 aliphatic rings. The summed E-state index contributed by atoms with van der Waals surface area (Å²) >= 11 is 0. The smallest absolute Gasteiger partial charge is 0.251 e. The van der Waals surface area contributed by atoms with E-state index < -0.39 is 0 Å². The lowest BCUT2D eigenvalue weighted by Crippen LogP contribution is -2.36. The van der Waals surface area contributed by atoms with Gasteiger partial charge in [-0.3, -0.25) is 4.79 Å². The highest BCUT2D eigenvalue weighted by Crippen LogP contribution is 2.30. The Labute approximate surface area is 118 Å². The fourth-order valence-electron chi connectivity index (χ4n) is 1.78. The van der Waals surface area contributed by atoms with Gasteiger partial charge in [-0.05, 0) is 18.2 Å². The maximum absolute atomic E-state index is 12.1. The summed E-state index contributed by atoms with van der Waals surface area (Å²) in [5.74, 6) is 1.11. The lowest BCUT2D eigenvalue weighted by Gasteiger charge is -2.21. The number of amides is 1. The van der Waals surface area contributed by atoms with Crippen LogP contribution < -0.4 is 14.8 Å². The Hall–Kier alpha value is -1.75. The van der Waals surface area contributed by atoms with Crippen molar-refractivity contribution in [2.45, 2.75) is 20.3 Å². The molecule has 1 aliphatic heterocycles. The Morgan fingerprint density at radius 3 is 2.70 bits per heavy atom. The highest BCUT2D eigenvalue weighted by atomic mass is 16.5. The van der Waals surface area contributed by atoms with Gasteiger partial charge < -0.3 is 19.9 Å². The van der Waals surface area contributed by atoms with Crippen molar-refractivity contribution in [1.82, 2.24) is 5.32 Å². The van der Waals surface area contributed by atoms with Gasteiger partial charge in [0.05, 0.1) is 13.2 Å². The number of aliphatic hydroxyl groups excluding tert-OH is 1. The van der Waals surface area contributed by atoms with Crippen molar-refractivity contribution < 1.29 is 19.4 Å². The lowest BCUT2D eigenvalue weighted by molar-refractivity contribution is 0.0910. The summed E-state index contributed by atoms with van der Waals surface area (Å²) in [5.41, 5.74) is 0.198. The number of rotatable bonds is 4. The van der Waals surface area contributed by atoms with Gasteiger partial charge in [-0.2, -0.15) is 0 Å². The molecule has 1 aromatic carbocycles. The van der Waals surface area contributed by atoms with Crippen LogP contribution in [0.3, 0.4) is 0 Å². The van der Waals surface area contributed by atoms with Crippen LogP contribution >= 0.6 is 0 Å². The molecule has 1 aromatic rings. The first kappa shape index (κ1) is 14.7. The summed E-state index contributed by atoms with van der Waals surface area (Å²) < 4.78 is 11.1. The highest BCUT2D eigenvalue weighted by Gasteiger charge is 2.19. The molecule has 0 bridgehead atoms. The largest absolute Gasteiger partial charge is 0.490 e. The van der Waals surface area contributed by atoms with Crippen molar-refractivity contribution >= 4 is 5.91 Å². The number of nitrogens with one attached hydrogen (secondary N) is 1. The van der Waals surface area contributed by atoms with E-state index in [1.54, 1.807) is 18.2 Å². The van der Waals surface area contributed by atoms with Crippen molar-refractivity contribution in [3.63, 3.8) is 0 Å². The average molecular weight is 279 g/mol. The van der Waals surface area contributed by atoms with Crippen molar-refractivity contribution in [3.05, 3.63) is 23.8 Å². The molecule has 1 amide bonds. The molecule has 0 saturated carbocycles. The summed E-state index contributed by atoms with van der Waals surface area (Å²) in [5, 5.41) is 12.0. The fraction of sp³-hybridized carbons (Fsp3) is 0.533. The van der Waals surface area contributed by atoms with Gasteiger partial charge in [0, 0.05) is 30.6 Å². The first-order chi connectivity index (χ1) is 9.52. The number of carbonyl (C=O) groups is 1. The molecule has 5 nitrogen and oxygen atoms in total. The Kier molecular flexibility index (Phi) is 4.49. The van der Waals surface area contributed by atoms with Gasteiger partial charge in [0.15, 0.2) is 11.5 Å². The van der Waals surface area contributed by atoms with Crippen LogP contribution in [0.2, 0.25) is 0 Å². The Balaban J connectivity index is 2.05. The summed E-state index contributed by atoms with van der Waals surface area (Å²) in [6.45, 7) is 5.44. The molecule has 0 unspecified atom stereocenters. The van der Waals surface area contributed by atoms with Gasteiger partial charge in [-0.25, -0.2) is 0 Å². The quantitative estimate of drug-likeness (QED) is 0.878. The van der Waals surface area contributed by atoms with Crippen molar-refractivity contribution in [2.24, 2.45) is 5.41 Å². The second kappa shape index (κ2) is 6.13. The SMILES string of the molecule is CC(C)(CO)CNC(=O)c1ccc2c(c1)OCCCO2. The second-order valence-electron chi connectivity index (χ2n) is 5.72. The molecule has 0 aromatic heterocycles. The van der Waals surface area contributed by atoms with Crippen LogP contribution in [0.25, 0.3) is 0 Å². The van der Waals surface area contributed by atoms with E-state index in [9.17, 15) is 9.90 Å². The molecule has 2 N–H and O–H groups in total. The lowest BCUT2D eigenvalue weighted by atomic mass is 9.95. The van der Waals surface area contributed by atoms with Crippen LogP contribution in [0.15, 0.2) is 18.2 Å². The van der Waals surface area contributed by atoms with E-state index in [-0.39, 0.29) is 17.9 Å². The van der Waals surface area contributed by atoms with Crippen LogP contribution in [-0.2, 0) is 0 Å². The third-order valence-corrected chi connectivity index (χ3v) is 3.17. The zero-order valence-electron chi connectivity index (χ0n) is 11.9. The minimum absolute atomic E-state index is 0.0222. The van der Waals surface area contributed by atoms with Gasteiger partial charge in [0.1, 0.15) is 0 Å². The Morgan fingerprint density at radius 2 is 2.00 bits per heavy atom. The maximum Gasteiger partial charge on any atom is 0.251 e. The number of carbonyl (C=O) groups excluding carboxylic acids is 1. The predicted octanol–water partition coefficient (Wildman–Crippen LogP) is 1.60. The number of benzene rings is 1. The first-order valence-corrected chi connectivity index (χ1v) is 6.80. The summed E-state index contributed by atoms with van der Waals surface area (Å²) in [6, 6.07) is 5.17. The minimum atomic E-state index is -0.332. The number of hydrogen-bond acceptors (Lipinski definition) is 4. The second-order valence-corrected chi connectivity index (χ2v) is 5.72. The van der Waals surface area contributed by atoms with Gasteiger partial charge in [-0.1, -0.05) is 13.8 Å². The number of fused-ring (bicyclic) bond motifs is 1. The third-order valence-electron chi connectivity index (χ3n) is 3.17. The number of ether oxygens (including phenoxy) is 2. The number of aliphatic hydroxyl groups is 1. The van der Waals surface area contributed by atoms with Gasteiger partial charge >= 0.3 is 0 Å². The maximum atomic E-state index is 12.1. The molecule has 20 heavy (non-hydrogen) atoms. The molecular formula is C15H21NO4. The first-order valence-electron chi connectivity index (χ1n) is 6.80. The molecule has 2 rings (SSSR count). The van der Waals surface area contributed by atoms with E-state index in [1.165, 1.54) is 0 Å². The van der Waals surface area contributed by atoms with Gasteiger partial charge in [0.25, 0.3) is 5.91 Å². The Bertz CT molecular complexity index is 485. The zero-order valence-corrected chi connectivity index (χ0v) is 11.9. The monoisotopic (exact) mass is 279 g/mol. The average Bonchev–Trinajstić information content (AvgIpc) is 2.69. The minimum Gasteiger partial charge on any atom is -0.490 e. The molecule has 0 spiro atoms. The van der Waals surface area contributed by atoms with Gasteiger partial charge in [0.2, 0.25) is 0 Å². The van der Waals surface area contributed by atoms with E-state index in [0.717, 1.165) is 6.42 Å². The van der Waals surface area contributed by atoms with Crippen molar-refractivity contribution in [2.75, 3.05) is 26.4 Å². The van der Waals surface area contributed by atoms with E-state index in [0.29, 0.717) is 36.8 Å². The third kappa shape index (κ3) is 3.63. The van der Waals surface area contributed by atoms with Gasteiger partial charge in [-0.15, -0.1) is 0 Å². The predicted molar refractivity (Wildman–Crippen MR) is 75.2 cm³/mol. The van der Waals surface area contributed by atoms with Crippen LogP contribution in [0.4, 0.5) is 0 Å². The van der Waals surface area contributed by atoms with Crippen LogP contribution in [0.5, 0.6) is 11.5 Å². The summed E-state index contributed by atoms with van der Waals surface area (Å²) in [7, 11) is 0. The molecule has 0 atom stereocenters. The molecule has 0 saturated heterocycles. The van der Waals surface area contributed by atoms with Crippen LogP contribution in [0, 0.1) is 5.41 Å². The molecule has 0 radical (unpaired) electrons. The van der Waals surface area contributed by atoms with E-state index in [4.69, 9.17) is 9.47 Å². The molecule has 0 aliphatic carbocycles. The van der Waals surface area contributed by atoms with E-state index >= 15 is 0 Å². The molecular weight excluding hydrogens is 258 g/mol. The zero-order chi connectivity index (χ0) is 14.6. The van der Waals surface area contributed by atoms with E-state index in [1.807, 2.05) is 13.8 Å². The summed E-state index contributed by atoms with van der Waals surface area (Å²) in [4.78, 5) is 12.1. The summed E-state index contributed by atoms with van der Waals surface area (Å²) in [6.07, 6.45) is 0.834. The van der Waals surface area contributed by atoms with Crippen molar-refractivity contribution in [3.8, 4) is 11.5 Å². The van der Waals surface area contributed by atoms with Crippen molar-refractivity contribution in [1.29, 1.82) is 0 Å². The molecule has 110 valence electrons. The van der Waals surface area contributed by atoms with Crippen LogP contribution in [-0.4, -0.2) is 37.4 Å². The number of hydrogen-bond donors (Lipinski definition) is 2. The highest BCUT2D eigenvalue weighted by molar-refractivity contribution is 5.94. The topological polar surface area (TPSA) is 67.8 Å². The normalized spacial score (nSPS) is 14.6. The molecule has 5 heteroatoms. The molecule has 0 fully saturated rings. The standard InChI is InChI=1S/C15H21NO4/c1-15(2,10-17)9-16-14(18)11-4-5-12-13(8-11)20-7-3-6-19-12/h4-5,8,17H,3,6-7,9-10H2,1-2H3,(H,16,18). The Morgan fingerprint density at radius 1 is 1.30 bits per heavy atom. The van der Waals surface area contributed by atoms with E-state index in [2.05, 4.69) is 5.32 Å². The fourth-order valence-corrected chi connectivity index (χ4v) is 1.78. The molecule has 1 heterocycles.